The fourth-order valence-electron chi connectivity index (χ4n) is 3.38. The molecule has 6 nitrogen and oxygen atoms in total. The highest BCUT2D eigenvalue weighted by Crippen LogP contribution is 2.25. The Hall–Kier alpha value is -3.03. The molecule has 3 rings (SSSR count). The number of nitrogens with one attached hydrogen (secondary N) is 2. The van der Waals surface area contributed by atoms with Gasteiger partial charge in [-0.25, -0.2) is 8.42 Å². The first-order chi connectivity index (χ1) is 15.7. The van der Waals surface area contributed by atoms with Crippen LogP contribution in [0.3, 0.4) is 0 Å². The van der Waals surface area contributed by atoms with E-state index < -0.39 is 10.0 Å². The first-order valence-electron chi connectivity index (χ1n) is 10.7. The second kappa shape index (κ2) is 10.7. The number of benzene rings is 3. The van der Waals surface area contributed by atoms with Crippen LogP contribution in [0.1, 0.15) is 35.3 Å². The number of hydrogen-bond acceptors (Lipinski definition) is 4. The number of sulfonamides is 1. The first-order valence-corrected chi connectivity index (χ1v) is 12.6. The van der Waals surface area contributed by atoms with Gasteiger partial charge in [-0.1, -0.05) is 41.4 Å². The summed E-state index contributed by atoms with van der Waals surface area (Å²) in [6.07, 6.45) is 0. The average molecular weight is 486 g/mol. The van der Waals surface area contributed by atoms with Gasteiger partial charge in [0.25, 0.3) is 15.9 Å². The molecular formula is C25H28ClN3O3S. The molecule has 0 aliphatic rings. The zero-order chi connectivity index (χ0) is 24.0. The second-order valence-electron chi connectivity index (χ2n) is 7.64. The highest BCUT2D eigenvalue weighted by atomic mass is 35.5. The topological polar surface area (TPSA) is 78.5 Å². The van der Waals surface area contributed by atoms with E-state index in [1.165, 1.54) is 18.2 Å². The molecule has 0 heterocycles. The third kappa shape index (κ3) is 6.27. The lowest BCUT2D eigenvalue weighted by atomic mass is 10.1. The Kier molecular flexibility index (Phi) is 8.00. The number of carbonyl (C=O) groups is 1. The van der Waals surface area contributed by atoms with Gasteiger partial charge in [-0.2, -0.15) is 0 Å². The Morgan fingerprint density at radius 1 is 0.939 bits per heavy atom. The maximum Gasteiger partial charge on any atom is 0.263 e. The monoisotopic (exact) mass is 485 g/mol. The van der Waals surface area contributed by atoms with Gasteiger partial charge < -0.3 is 10.2 Å². The van der Waals surface area contributed by atoms with Crippen molar-refractivity contribution in [1.29, 1.82) is 0 Å². The van der Waals surface area contributed by atoms with Gasteiger partial charge in [0.15, 0.2) is 0 Å². The molecule has 0 spiro atoms. The van der Waals surface area contributed by atoms with Gasteiger partial charge in [0.05, 0.1) is 5.02 Å². The third-order valence-electron chi connectivity index (χ3n) is 5.30. The number of rotatable bonds is 9. The maximum atomic E-state index is 12.9. The summed E-state index contributed by atoms with van der Waals surface area (Å²) >= 11 is 6.16. The molecule has 2 N–H and O–H groups in total. The Morgan fingerprint density at radius 2 is 1.58 bits per heavy atom. The van der Waals surface area contributed by atoms with Crippen molar-refractivity contribution in [1.82, 2.24) is 5.32 Å². The summed E-state index contributed by atoms with van der Waals surface area (Å²) in [5.41, 5.74) is 3.71. The van der Waals surface area contributed by atoms with Crippen LogP contribution in [0.25, 0.3) is 0 Å². The van der Waals surface area contributed by atoms with Gasteiger partial charge in [-0.05, 0) is 68.8 Å². The van der Waals surface area contributed by atoms with E-state index in [-0.39, 0.29) is 21.4 Å². The number of anilines is 2. The van der Waals surface area contributed by atoms with Crippen molar-refractivity contribution in [2.75, 3.05) is 22.7 Å². The second-order valence-corrected chi connectivity index (χ2v) is 9.70. The SMILES string of the molecule is CCN(CC)c1ccc(CNC(=O)c2ccc(Cl)c(S(=O)(=O)Nc3ccc(C)cc3)c2)cc1. The van der Waals surface area contributed by atoms with Gasteiger partial charge in [-0.15, -0.1) is 0 Å². The summed E-state index contributed by atoms with van der Waals surface area (Å²) in [5, 5.41) is 2.88. The van der Waals surface area contributed by atoms with Crippen molar-refractivity contribution >= 4 is 38.9 Å². The molecule has 0 aliphatic carbocycles. The minimum Gasteiger partial charge on any atom is -0.372 e. The van der Waals surface area contributed by atoms with Gasteiger partial charge in [0.1, 0.15) is 4.90 Å². The lowest BCUT2D eigenvalue weighted by Crippen LogP contribution is -2.24. The van der Waals surface area contributed by atoms with Crippen LogP contribution in [0.5, 0.6) is 0 Å². The fraction of sp³-hybridized carbons (Fsp3) is 0.240. The van der Waals surface area contributed by atoms with E-state index in [0.717, 1.165) is 29.9 Å². The van der Waals surface area contributed by atoms with Crippen LogP contribution in [-0.2, 0) is 16.6 Å². The van der Waals surface area contributed by atoms with Crippen LogP contribution in [-0.4, -0.2) is 27.4 Å². The van der Waals surface area contributed by atoms with Gasteiger partial charge in [-0.3, -0.25) is 9.52 Å². The van der Waals surface area contributed by atoms with E-state index in [1.54, 1.807) is 24.3 Å². The standard InChI is InChI=1S/C25H28ClN3O3S/c1-4-29(5-2)22-13-8-19(9-14-22)17-27-25(30)20-10-15-23(26)24(16-20)33(31,32)28-21-11-6-18(3)7-12-21/h6-16,28H,4-5,17H2,1-3H3,(H,27,30). The van der Waals surface area contributed by atoms with E-state index in [9.17, 15) is 13.2 Å². The highest BCUT2D eigenvalue weighted by Gasteiger charge is 2.20. The smallest absolute Gasteiger partial charge is 0.263 e. The molecule has 0 aliphatic heterocycles. The Balaban J connectivity index is 1.71. The van der Waals surface area contributed by atoms with Crippen molar-refractivity contribution in [3.8, 4) is 0 Å². The molecule has 0 unspecified atom stereocenters. The predicted octanol–water partition coefficient (Wildman–Crippen LogP) is 5.23. The van der Waals surface area contributed by atoms with Crippen LogP contribution in [0.4, 0.5) is 11.4 Å². The summed E-state index contributed by atoms with van der Waals surface area (Å²) in [5.74, 6) is -0.383. The Bertz CT molecular complexity index is 1210. The Morgan fingerprint density at radius 3 is 2.18 bits per heavy atom. The van der Waals surface area contributed by atoms with Crippen molar-refractivity contribution in [3.63, 3.8) is 0 Å². The molecule has 0 saturated carbocycles. The number of carbonyl (C=O) groups excluding carboxylic acids is 1. The summed E-state index contributed by atoms with van der Waals surface area (Å²) < 4.78 is 28.2. The summed E-state index contributed by atoms with van der Waals surface area (Å²) in [6, 6.07) is 19.1. The van der Waals surface area contributed by atoms with Crippen LogP contribution < -0.4 is 14.9 Å². The molecule has 3 aromatic carbocycles. The molecule has 0 radical (unpaired) electrons. The van der Waals surface area contributed by atoms with E-state index in [4.69, 9.17) is 11.6 Å². The lowest BCUT2D eigenvalue weighted by molar-refractivity contribution is 0.0950. The molecule has 0 bridgehead atoms. The zero-order valence-electron chi connectivity index (χ0n) is 18.9. The van der Waals surface area contributed by atoms with Crippen molar-refractivity contribution < 1.29 is 13.2 Å². The number of hydrogen-bond donors (Lipinski definition) is 2. The van der Waals surface area contributed by atoms with E-state index in [2.05, 4.69) is 28.8 Å². The van der Waals surface area contributed by atoms with E-state index in [1.807, 2.05) is 31.2 Å². The Labute approximate surface area is 200 Å². The van der Waals surface area contributed by atoms with Gasteiger partial charge in [0, 0.05) is 36.6 Å². The van der Waals surface area contributed by atoms with Crippen LogP contribution >= 0.6 is 11.6 Å². The van der Waals surface area contributed by atoms with Crippen LogP contribution in [0, 0.1) is 6.92 Å². The van der Waals surface area contributed by atoms with Crippen LogP contribution in [0.15, 0.2) is 71.6 Å². The summed E-state index contributed by atoms with van der Waals surface area (Å²) in [6.45, 7) is 8.30. The number of aryl methyl sites for hydroxylation is 1. The number of amides is 1. The van der Waals surface area contributed by atoms with E-state index in [0.29, 0.717) is 12.2 Å². The molecule has 3 aromatic rings. The van der Waals surface area contributed by atoms with Crippen LogP contribution in [0.2, 0.25) is 5.02 Å². The molecule has 0 fully saturated rings. The number of nitrogens with zero attached hydrogens (tertiary/aromatic N) is 1. The minimum absolute atomic E-state index is 0.0400. The maximum absolute atomic E-state index is 12.9. The number of halogens is 1. The van der Waals surface area contributed by atoms with E-state index >= 15 is 0 Å². The van der Waals surface area contributed by atoms with Crippen molar-refractivity contribution in [3.05, 3.63) is 88.4 Å². The van der Waals surface area contributed by atoms with Gasteiger partial charge in [0.2, 0.25) is 0 Å². The normalized spacial score (nSPS) is 11.2. The van der Waals surface area contributed by atoms with Gasteiger partial charge >= 0.3 is 0 Å². The quantitative estimate of drug-likeness (QED) is 0.435. The minimum atomic E-state index is -3.96. The fourth-order valence-corrected chi connectivity index (χ4v) is 4.97. The molecule has 8 heteroatoms. The molecule has 0 saturated heterocycles. The average Bonchev–Trinajstić information content (AvgIpc) is 2.80. The molecule has 0 atom stereocenters. The first kappa shape index (κ1) is 24.6. The molecular weight excluding hydrogens is 458 g/mol. The highest BCUT2D eigenvalue weighted by molar-refractivity contribution is 7.92. The molecule has 33 heavy (non-hydrogen) atoms. The predicted molar refractivity (Wildman–Crippen MR) is 135 cm³/mol. The molecule has 0 aromatic heterocycles. The third-order valence-corrected chi connectivity index (χ3v) is 7.17. The largest absolute Gasteiger partial charge is 0.372 e. The van der Waals surface area contributed by atoms with Crippen molar-refractivity contribution in [2.24, 2.45) is 0 Å². The zero-order valence-corrected chi connectivity index (χ0v) is 20.5. The summed E-state index contributed by atoms with van der Waals surface area (Å²) in [7, 11) is -3.96. The molecule has 174 valence electrons. The molecule has 1 amide bonds. The summed E-state index contributed by atoms with van der Waals surface area (Å²) in [4.78, 5) is 14.8. The lowest BCUT2D eigenvalue weighted by Gasteiger charge is -2.21. The van der Waals surface area contributed by atoms with Crippen molar-refractivity contribution in [2.45, 2.75) is 32.2 Å².